The molecule has 2 atom stereocenters. The minimum atomic E-state index is -2.88. The van der Waals surface area contributed by atoms with E-state index in [1.54, 1.807) is 7.05 Å². The van der Waals surface area contributed by atoms with E-state index in [-0.39, 0.29) is 17.5 Å². The van der Waals surface area contributed by atoms with Crippen molar-refractivity contribution in [3.05, 3.63) is 28.7 Å². The Kier molecular flexibility index (Phi) is 5.89. The second-order valence-corrected chi connectivity index (χ2v) is 9.92. The molecule has 0 aliphatic carbocycles. The Morgan fingerprint density at radius 1 is 1.40 bits per heavy atom. The number of aliphatic imine (C=N–C) groups is 1. The summed E-state index contributed by atoms with van der Waals surface area (Å²) in [4.78, 5) is 6.63. The Morgan fingerprint density at radius 3 is 2.92 bits per heavy atom. The van der Waals surface area contributed by atoms with Crippen molar-refractivity contribution >= 4 is 37.4 Å². The van der Waals surface area contributed by atoms with Crippen LogP contribution in [-0.4, -0.2) is 58.6 Å². The lowest BCUT2D eigenvalue weighted by molar-refractivity contribution is 0.558. The summed E-state index contributed by atoms with van der Waals surface area (Å²) in [6.45, 7) is 2.90. The van der Waals surface area contributed by atoms with Gasteiger partial charge in [-0.1, -0.05) is 22.0 Å². The summed E-state index contributed by atoms with van der Waals surface area (Å²) >= 11 is 3.53. The third-order valence-corrected chi connectivity index (χ3v) is 7.08. The van der Waals surface area contributed by atoms with Gasteiger partial charge in [-0.3, -0.25) is 4.99 Å². The standard InChI is InChI=1S/C17H25BrN4O2S/c1-19-17(21-15-6-8-25(23,24)12-15)20-10-13-5-7-22(11-13)16-4-2-3-14(18)9-16/h2-4,9,13,15H,5-8,10-12H2,1H3,(H2,19,20,21). The van der Waals surface area contributed by atoms with Gasteiger partial charge in [0.15, 0.2) is 15.8 Å². The van der Waals surface area contributed by atoms with E-state index in [1.807, 2.05) is 6.07 Å². The first-order chi connectivity index (χ1) is 11.9. The van der Waals surface area contributed by atoms with Crippen LogP contribution in [0.4, 0.5) is 5.69 Å². The molecule has 0 radical (unpaired) electrons. The number of sulfone groups is 1. The Morgan fingerprint density at radius 2 is 2.24 bits per heavy atom. The van der Waals surface area contributed by atoms with Gasteiger partial charge >= 0.3 is 0 Å². The molecule has 6 nitrogen and oxygen atoms in total. The third-order valence-electron chi connectivity index (χ3n) is 4.81. The smallest absolute Gasteiger partial charge is 0.191 e. The predicted molar refractivity (Wildman–Crippen MR) is 106 cm³/mol. The molecule has 2 N–H and O–H groups in total. The summed E-state index contributed by atoms with van der Waals surface area (Å²) in [5, 5.41) is 6.59. The molecule has 1 aromatic rings. The first-order valence-electron chi connectivity index (χ1n) is 8.63. The van der Waals surface area contributed by atoms with Crippen molar-refractivity contribution in [3.8, 4) is 0 Å². The van der Waals surface area contributed by atoms with Gasteiger partial charge in [0, 0.05) is 42.9 Å². The number of halogens is 1. The van der Waals surface area contributed by atoms with E-state index in [0.717, 1.165) is 30.5 Å². The second-order valence-electron chi connectivity index (χ2n) is 6.78. The quantitative estimate of drug-likeness (QED) is 0.562. The molecule has 0 aromatic heterocycles. The van der Waals surface area contributed by atoms with Crippen LogP contribution in [-0.2, 0) is 9.84 Å². The van der Waals surface area contributed by atoms with Crippen molar-refractivity contribution in [3.63, 3.8) is 0 Å². The summed E-state index contributed by atoms with van der Waals surface area (Å²) < 4.78 is 24.2. The molecule has 0 amide bonds. The zero-order valence-electron chi connectivity index (χ0n) is 14.4. The molecule has 8 heteroatoms. The molecule has 2 unspecified atom stereocenters. The topological polar surface area (TPSA) is 73.8 Å². The molecule has 3 rings (SSSR count). The molecule has 0 spiro atoms. The van der Waals surface area contributed by atoms with E-state index in [4.69, 9.17) is 0 Å². The van der Waals surface area contributed by atoms with Gasteiger partial charge in [-0.2, -0.15) is 0 Å². The van der Waals surface area contributed by atoms with Gasteiger partial charge in [0.1, 0.15) is 0 Å². The van der Waals surface area contributed by atoms with Gasteiger partial charge in [-0.15, -0.1) is 0 Å². The Bertz CT molecular complexity index is 738. The minimum Gasteiger partial charge on any atom is -0.371 e. The molecule has 2 aliphatic heterocycles. The van der Waals surface area contributed by atoms with Crippen LogP contribution in [0.15, 0.2) is 33.7 Å². The van der Waals surface area contributed by atoms with Crippen molar-refractivity contribution in [1.82, 2.24) is 10.6 Å². The number of nitrogens with one attached hydrogen (secondary N) is 2. The number of anilines is 1. The van der Waals surface area contributed by atoms with E-state index < -0.39 is 9.84 Å². The lowest BCUT2D eigenvalue weighted by Gasteiger charge is -2.20. The van der Waals surface area contributed by atoms with E-state index in [2.05, 4.69) is 54.7 Å². The molecule has 2 saturated heterocycles. The molecule has 2 fully saturated rings. The van der Waals surface area contributed by atoms with Crippen LogP contribution in [0.3, 0.4) is 0 Å². The van der Waals surface area contributed by atoms with Crippen LogP contribution in [0.1, 0.15) is 12.8 Å². The normalized spacial score (nSPS) is 26.0. The Labute approximate surface area is 158 Å². The Balaban J connectivity index is 1.47. The fourth-order valence-corrected chi connectivity index (χ4v) is 5.50. The van der Waals surface area contributed by atoms with Gasteiger partial charge in [0.05, 0.1) is 11.5 Å². The maximum atomic E-state index is 11.6. The summed E-state index contributed by atoms with van der Waals surface area (Å²) in [5.41, 5.74) is 1.25. The number of hydrogen-bond acceptors (Lipinski definition) is 4. The van der Waals surface area contributed by atoms with Crippen molar-refractivity contribution < 1.29 is 8.42 Å². The van der Waals surface area contributed by atoms with E-state index in [0.29, 0.717) is 18.3 Å². The first kappa shape index (κ1) is 18.5. The number of guanidine groups is 1. The summed E-state index contributed by atoms with van der Waals surface area (Å²) in [7, 11) is -1.15. The van der Waals surface area contributed by atoms with Crippen molar-refractivity contribution in [2.24, 2.45) is 10.9 Å². The molecular formula is C17H25BrN4O2S. The largest absolute Gasteiger partial charge is 0.371 e. The van der Waals surface area contributed by atoms with Gasteiger partial charge in [-0.05, 0) is 37.0 Å². The lowest BCUT2D eigenvalue weighted by Crippen LogP contribution is -2.45. The highest BCUT2D eigenvalue weighted by Crippen LogP contribution is 2.25. The molecule has 25 heavy (non-hydrogen) atoms. The SMILES string of the molecule is CN=C(NCC1CCN(c2cccc(Br)c2)C1)NC1CCS(=O)(=O)C1. The van der Waals surface area contributed by atoms with Crippen molar-refractivity contribution in [1.29, 1.82) is 0 Å². The lowest BCUT2D eigenvalue weighted by atomic mass is 10.1. The predicted octanol–water partition coefficient (Wildman–Crippen LogP) is 1.63. The van der Waals surface area contributed by atoms with Crippen LogP contribution < -0.4 is 15.5 Å². The van der Waals surface area contributed by atoms with Crippen molar-refractivity contribution in [2.45, 2.75) is 18.9 Å². The molecule has 2 aliphatic rings. The monoisotopic (exact) mass is 428 g/mol. The van der Waals surface area contributed by atoms with Crippen LogP contribution in [0, 0.1) is 5.92 Å². The van der Waals surface area contributed by atoms with Gasteiger partial charge < -0.3 is 15.5 Å². The number of hydrogen-bond donors (Lipinski definition) is 2. The fourth-order valence-electron chi connectivity index (χ4n) is 3.44. The summed E-state index contributed by atoms with van der Waals surface area (Å²) in [6.07, 6.45) is 1.79. The van der Waals surface area contributed by atoms with E-state index >= 15 is 0 Å². The average molecular weight is 429 g/mol. The maximum absolute atomic E-state index is 11.6. The van der Waals surface area contributed by atoms with Gasteiger partial charge in [-0.25, -0.2) is 8.42 Å². The number of rotatable bonds is 4. The zero-order chi connectivity index (χ0) is 17.9. The molecule has 2 heterocycles. The van der Waals surface area contributed by atoms with Crippen LogP contribution >= 0.6 is 15.9 Å². The maximum Gasteiger partial charge on any atom is 0.191 e. The minimum absolute atomic E-state index is 0.0297. The highest BCUT2D eigenvalue weighted by Gasteiger charge is 2.29. The molecular weight excluding hydrogens is 404 g/mol. The second kappa shape index (κ2) is 7.95. The fraction of sp³-hybridized carbons (Fsp3) is 0.588. The first-order valence-corrected chi connectivity index (χ1v) is 11.2. The molecule has 1 aromatic carbocycles. The van der Waals surface area contributed by atoms with Gasteiger partial charge in [0.2, 0.25) is 0 Å². The average Bonchev–Trinajstić information content (AvgIpc) is 3.18. The van der Waals surface area contributed by atoms with E-state index in [1.165, 1.54) is 5.69 Å². The van der Waals surface area contributed by atoms with Gasteiger partial charge in [0.25, 0.3) is 0 Å². The number of nitrogens with zero attached hydrogens (tertiary/aromatic N) is 2. The van der Waals surface area contributed by atoms with Crippen LogP contribution in [0.2, 0.25) is 0 Å². The van der Waals surface area contributed by atoms with Crippen molar-refractivity contribution in [2.75, 3.05) is 43.1 Å². The summed E-state index contributed by atoms with van der Waals surface area (Å²) in [6, 6.07) is 8.36. The highest BCUT2D eigenvalue weighted by molar-refractivity contribution is 9.10. The molecule has 0 saturated carbocycles. The zero-order valence-corrected chi connectivity index (χ0v) is 16.8. The van der Waals surface area contributed by atoms with E-state index in [9.17, 15) is 8.42 Å². The van der Waals surface area contributed by atoms with Crippen LogP contribution in [0.25, 0.3) is 0 Å². The summed E-state index contributed by atoms with van der Waals surface area (Å²) in [5.74, 6) is 1.72. The molecule has 138 valence electrons. The number of benzene rings is 1. The van der Waals surface area contributed by atoms with Crippen LogP contribution in [0.5, 0.6) is 0 Å². The Hall–Kier alpha value is -1.28. The third kappa shape index (κ3) is 5.10. The molecule has 0 bridgehead atoms. The highest BCUT2D eigenvalue weighted by atomic mass is 79.9.